The average Bonchev–Trinajstić information content (AvgIpc) is 2.85. The molecule has 0 radical (unpaired) electrons. The molecule has 2 aromatic rings. The maximum atomic E-state index is 9.91. The van der Waals surface area contributed by atoms with E-state index >= 15 is 0 Å². The number of nitrogens with zero attached hydrogens (tertiary/aromatic N) is 2. The summed E-state index contributed by atoms with van der Waals surface area (Å²) >= 11 is 5.92. The van der Waals surface area contributed by atoms with E-state index in [0.29, 0.717) is 11.4 Å². The van der Waals surface area contributed by atoms with Crippen LogP contribution in [0.25, 0.3) is 0 Å². The largest absolute Gasteiger partial charge is 0.395 e. The van der Waals surface area contributed by atoms with Crippen molar-refractivity contribution in [2.75, 3.05) is 13.2 Å². The number of aliphatic hydroxyl groups excluding tert-OH is 2. The number of halogens is 1. The number of aryl methyl sites for hydroxylation is 2. The molecule has 0 aliphatic rings. The third kappa shape index (κ3) is 3.28. The van der Waals surface area contributed by atoms with Crippen LogP contribution in [0, 0.1) is 6.92 Å². The predicted octanol–water partition coefficient (Wildman–Crippen LogP) is 2.33. The minimum Gasteiger partial charge on any atom is -0.395 e. The second kappa shape index (κ2) is 6.60. The molecule has 0 spiro atoms. The summed E-state index contributed by atoms with van der Waals surface area (Å²) in [6, 6.07) is 9.26. The molecule has 4 nitrogen and oxygen atoms in total. The van der Waals surface area contributed by atoms with E-state index in [1.54, 1.807) is 12.1 Å². The predicted molar refractivity (Wildman–Crippen MR) is 83.6 cm³/mol. The molecule has 21 heavy (non-hydrogen) atoms. The van der Waals surface area contributed by atoms with Gasteiger partial charge in [-0.05, 0) is 37.6 Å². The van der Waals surface area contributed by atoms with Crippen LogP contribution in [0.4, 0.5) is 0 Å². The summed E-state index contributed by atoms with van der Waals surface area (Å²) in [6.07, 6.45) is 0.524. The van der Waals surface area contributed by atoms with Crippen molar-refractivity contribution in [2.45, 2.75) is 32.2 Å². The Morgan fingerprint density at radius 3 is 2.33 bits per heavy atom. The van der Waals surface area contributed by atoms with Gasteiger partial charge in [0.2, 0.25) is 0 Å². The molecule has 0 amide bonds. The summed E-state index contributed by atoms with van der Waals surface area (Å²) < 4.78 is 1.91. The van der Waals surface area contributed by atoms with Crippen molar-refractivity contribution in [3.05, 3.63) is 52.3 Å². The zero-order chi connectivity index (χ0) is 15.5. The Balaban J connectivity index is 2.40. The van der Waals surface area contributed by atoms with Crippen LogP contribution in [0.1, 0.15) is 23.9 Å². The molecule has 114 valence electrons. The van der Waals surface area contributed by atoms with Crippen LogP contribution in [0.5, 0.6) is 0 Å². The molecule has 0 fully saturated rings. The Morgan fingerprint density at radius 2 is 1.81 bits per heavy atom. The highest BCUT2D eigenvalue weighted by Crippen LogP contribution is 2.29. The van der Waals surface area contributed by atoms with Crippen LogP contribution in [0.2, 0.25) is 5.02 Å². The van der Waals surface area contributed by atoms with Gasteiger partial charge in [0.25, 0.3) is 0 Å². The first kappa shape index (κ1) is 16.0. The van der Waals surface area contributed by atoms with E-state index in [2.05, 4.69) is 5.10 Å². The molecule has 0 unspecified atom stereocenters. The first-order valence-corrected chi connectivity index (χ1v) is 7.43. The van der Waals surface area contributed by atoms with Gasteiger partial charge in [-0.3, -0.25) is 4.68 Å². The molecule has 1 aromatic heterocycles. The van der Waals surface area contributed by atoms with Gasteiger partial charge in [0.15, 0.2) is 0 Å². The minimum absolute atomic E-state index is 0.140. The number of hydrogen-bond donors (Lipinski definition) is 2. The van der Waals surface area contributed by atoms with E-state index in [1.165, 1.54) is 0 Å². The van der Waals surface area contributed by atoms with Gasteiger partial charge in [0.05, 0.1) is 18.9 Å². The summed E-state index contributed by atoms with van der Waals surface area (Å²) in [5, 5.41) is 24.9. The lowest BCUT2D eigenvalue weighted by molar-refractivity contribution is 0.114. The standard InChI is InChI=1S/C16H21ClN2O2/c1-3-19-15(8-12(2)18-19)9-16(10-20,11-21)13-4-6-14(17)7-5-13/h4-8,20-21H,3,9-11H2,1-2H3. The van der Waals surface area contributed by atoms with Crippen molar-refractivity contribution in [3.8, 4) is 0 Å². The Kier molecular flexibility index (Phi) is 5.04. The highest BCUT2D eigenvalue weighted by atomic mass is 35.5. The molecular formula is C16H21ClN2O2. The maximum absolute atomic E-state index is 9.91. The molecule has 0 atom stereocenters. The highest BCUT2D eigenvalue weighted by molar-refractivity contribution is 6.30. The second-order valence-corrected chi connectivity index (χ2v) is 5.81. The SMILES string of the molecule is CCn1nc(C)cc1CC(CO)(CO)c1ccc(Cl)cc1. The van der Waals surface area contributed by atoms with Crippen LogP contribution in [-0.2, 0) is 18.4 Å². The molecule has 5 heteroatoms. The fourth-order valence-corrected chi connectivity index (χ4v) is 2.74. The monoisotopic (exact) mass is 308 g/mol. The summed E-state index contributed by atoms with van der Waals surface area (Å²) in [5.74, 6) is 0. The quantitative estimate of drug-likeness (QED) is 0.861. The van der Waals surface area contributed by atoms with Crippen LogP contribution in [-0.4, -0.2) is 33.2 Å². The molecule has 0 saturated heterocycles. The first-order valence-electron chi connectivity index (χ1n) is 7.05. The molecule has 1 aromatic carbocycles. The number of aliphatic hydroxyl groups is 2. The van der Waals surface area contributed by atoms with Gasteiger partial charge in [-0.15, -0.1) is 0 Å². The lowest BCUT2D eigenvalue weighted by Crippen LogP contribution is -2.38. The summed E-state index contributed by atoms with van der Waals surface area (Å²) in [6.45, 7) is 4.45. The van der Waals surface area contributed by atoms with Crippen molar-refractivity contribution in [2.24, 2.45) is 0 Å². The van der Waals surface area contributed by atoms with Gasteiger partial charge in [-0.1, -0.05) is 23.7 Å². The van der Waals surface area contributed by atoms with Crippen LogP contribution in [0.15, 0.2) is 30.3 Å². The van der Waals surface area contributed by atoms with Gasteiger partial charge in [-0.25, -0.2) is 0 Å². The van der Waals surface area contributed by atoms with Crippen LogP contribution in [0.3, 0.4) is 0 Å². The van der Waals surface area contributed by atoms with Gasteiger partial charge < -0.3 is 10.2 Å². The van der Waals surface area contributed by atoms with Crippen molar-refractivity contribution in [1.82, 2.24) is 9.78 Å². The Labute approximate surface area is 130 Å². The fraction of sp³-hybridized carbons (Fsp3) is 0.438. The van der Waals surface area contributed by atoms with E-state index in [-0.39, 0.29) is 13.2 Å². The van der Waals surface area contributed by atoms with E-state index in [4.69, 9.17) is 11.6 Å². The van der Waals surface area contributed by atoms with Crippen molar-refractivity contribution in [3.63, 3.8) is 0 Å². The molecule has 0 saturated carbocycles. The molecule has 2 N–H and O–H groups in total. The summed E-state index contributed by atoms with van der Waals surface area (Å²) in [7, 11) is 0. The lowest BCUT2D eigenvalue weighted by Gasteiger charge is -2.30. The van der Waals surface area contributed by atoms with Gasteiger partial charge >= 0.3 is 0 Å². The molecule has 0 aliphatic carbocycles. The van der Waals surface area contributed by atoms with Crippen molar-refractivity contribution in [1.29, 1.82) is 0 Å². The average molecular weight is 309 g/mol. The van der Waals surface area contributed by atoms with Gasteiger partial charge in [-0.2, -0.15) is 5.10 Å². The Morgan fingerprint density at radius 1 is 1.19 bits per heavy atom. The van der Waals surface area contributed by atoms with Gasteiger partial charge in [0.1, 0.15) is 0 Å². The van der Waals surface area contributed by atoms with E-state index in [9.17, 15) is 10.2 Å². The van der Waals surface area contributed by atoms with Crippen LogP contribution < -0.4 is 0 Å². The lowest BCUT2D eigenvalue weighted by atomic mass is 9.78. The van der Waals surface area contributed by atoms with Crippen LogP contribution >= 0.6 is 11.6 Å². The zero-order valence-electron chi connectivity index (χ0n) is 12.4. The van der Waals surface area contributed by atoms with E-state index in [0.717, 1.165) is 23.5 Å². The number of hydrogen-bond acceptors (Lipinski definition) is 3. The normalized spacial score (nSPS) is 11.9. The van der Waals surface area contributed by atoms with Crippen molar-refractivity contribution >= 4 is 11.6 Å². The maximum Gasteiger partial charge on any atom is 0.0596 e. The third-order valence-corrected chi connectivity index (χ3v) is 4.12. The topological polar surface area (TPSA) is 58.3 Å². The summed E-state index contributed by atoms with van der Waals surface area (Å²) in [5.41, 5.74) is 2.09. The molecule has 2 rings (SSSR count). The number of rotatable bonds is 6. The Bertz CT molecular complexity index is 589. The molecule has 1 heterocycles. The Hall–Kier alpha value is -1.36. The third-order valence-electron chi connectivity index (χ3n) is 3.87. The number of aromatic nitrogens is 2. The fourth-order valence-electron chi connectivity index (χ4n) is 2.61. The molecular weight excluding hydrogens is 288 g/mol. The van der Waals surface area contributed by atoms with E-state index in [1.807, 2.05) is 36.7 Å². The van der Waals surface area contributed by atoms with Crippen molar-refractivity contribution < 1.29 is 10.2 Å². The first-order chi connectivity index (χ1) is 10.0. The molecule has 0 aliphatic heterocycles. The summed E-state index contributed by atoms with van der Waals surface area (Å²) in [4.78, 5) is 0. The number of benzene rings is 1. The zero-order valence-corrected chi connectivity index (χ0v) is 13.1. The highest BCUT2D eigenvalue weighted by Gasteiger charge is 2.32. The minimum atomic E-state index is -0.732. The smallest absolute Gasteiger partial charge is 0.0596 e. The van der Waals surface area contributed by atoms with E-state index < -0.39 is 5.41 Å². The van der Waals surface area contributed by atoms with Gasteiger partial charge in [0, 0.05) is 29.1 Å². The second-order valence-electron chi connectivity index (χ2n) is 5.37. The molecule has 0 bridgehead atoms.